The van der Waals surface area contributed by atoms with Crippen molar-refractivity contribution in [3.8, 4) is 0 Å². The van der Waals surface area contributed by atoms with Crippen molar-refractivity contribution in [2.75, 3.05) is 10.6 Å². The molecule has 2 aromatic carbocycles. The van der Waals surface area contributed by atoms with Gasteiger partial charge in [0.15, 0.2) is 0 Å². The van der Waals surface area contributed by atoms with Crippen molar-refractivity contribution in [1.82, 2.24) is 0 Å². The number of aromatic carboxylic acids is 1. The van der Waals surface area contributed by atoms with Crippen molar-refractivity contribution < 1.29 is 19.5 Å². The highest BCUT2D eigenvalue weighted by atomic mass is 16.4. The topological polar surface area (TPSA) is 95.5 Å². The zero-order chi connectivity index (χ0) is 18.0. The second-order valence-electron chi connectivity index (χ2n) is 6.08. The first-order chi connectivity index (χ1) is 11.9. The molecule has 6 heteroatoms. The largest absolute Gasteiger partial charge is 0.478 e. The lowest BCUT2D eigenvalue weighted by Gasteiger charge is -2.12. The van der Waals surface area contributed by atoms with E-state index in [1.165, 1.54) is 6.07 Å². The van der Waals surface area contributed by atoms with Gasteiger partial charge >= 0.3 is 5.97 Å². The van der Waals surface area contributed by atoms with E-state index in [4.69, 9.17) is 0 Å². The van der Waals surface area contributed by atoms with Crippen molar-refractivity contribution in [1.29, 1.82) is 0 Å². The molecule has 0 saturated heterocycles. The quantitative estimate of drug-likeness (QED) is 0.801. The minimum absolute atomic E-state index is 0.0262. The van der Waals surface area contributed by atoms with Gasteiger partial charge in [-0.1, -0.05) is 11.6 Å². The van der Waals surface area contributed by atoms with Gasteiger partial charge in [-0.25, -0.2) is 4.79 Å². The zero-order valence-electron chi connectivity index (χ0n) is 13.8. The Bertz CT molecular complexity index is 874. The molecule has 2 aromatic rings. The van der Waals surface area contributed by atoms with Crippen LogP contribution in [0.5, 0.6) is 0 Å². The van der Waals surface area contributed by atoms with Gasteiger partial charge in [0.1, 0.15) is 0 Å². The van der Waals surface area contributed by atoms with Gasteiger partial charge in [0.05, 0.1) is 11.3 Å². The average molecular weight is 338 g/mol. The first kappa shape index (κ1) is 16.7. The molecule has 0 bridgehead atoms. The van der Waals surface area contributed by atoms with Crippen molar-refractivity contribution >= 4 is 29.2 Å². The molecule has 0 saturated carbocycles. The monoisotopic (exact) mass is 338 g/mol. The van der Waals surface area contributed by atoms with Crippen LogP contribution in [0.2, 0.25) is 0 Å². The maximum Gasteiger partial charge on any atom is 0.337 e. The van der Waals surface area contributed by atoms with Crippen LogP contribution in [-0.2, 0) is 11.2 Å². The van der Waals surface area contributed by atoms with Crippen LogP contribution in [0.4, 0.5) is 11.4 Å². The van der Waals surface area contributed by atoms with Crippen LogP contribution in [0.25, 0.3) is 0 Å². The lowest BCUT2D eigenvalue weighted by atomic mass is 10.0. The summed E-state index contributed by atoms with van der Waals surface area (Å²) >= 11 is 0. The maximum absolute atomic E-state index is 12.5. The van der Waals surface area contributed by atoms with E-state index in [1.807, 2.05) is 0 Å². The molecule has 0 unspecified atom stereocenters. The number of aryl methyl sites for hydroxylation is 2. The predicted octanol–water partition coefficient (Wildman–Crippen LogP) is 3.22. The molecule has 0 radical (unpaired) electrons. The number of carboxylic acid groups (broad SMARTS) is 1. The van der Waals surface area contributed by atoms with Gasteiger partial charge in [-0.2, -0.15) is 0 Å². The molecule has 6 nitrogen and oxygen atoms in total. The molecule has 0 aromatic heterocycles. The number of benzene rings is 2. The van der Waals surface area contributed by atoms with Gasteiger partial charge in [0.25, 0.3) is 5.91 Å². The van der Waals surface area contributed by atoms with E-state index in [9.17, 15) is 19.5 Å². The molecule has 2 amide bonds. The highest BCUT2D eigenvalue weighted by Gasteiger charge is 2.17. The molecule has 3 N–H and O–H groups in total. The fourth-order valence-electron chi connectivity index (χ4n) is 2.85. The Morgan fingerprint density at radius 1 is 1.12 bits per heavy atom. The molecular formula is C19H18N2O4. The Kier molecular flexibility index (Phi) is 4.52. The standard InChI is InChI=1S/C19H18N2O4/c1-11-5-7-16(14(9-11)19(24)25)21-18(23)13-6-8-15-12(10-13)3-2-4-17(22)20-15/h5-10H,2-4H2,1H3,(H,20,22)(H,21,23)(H,24,25). The summed E-state index contributed by atoms with van der Waals surface area (Å²) in [4.78, 5) is 35.5. The summed E-state index contributed by atoms with van der Waals surface area (Å²) in [7, 11) is 0. The van der Waals surface area contributed by atoms with Crippen LogP contribution < -0.4 is 10.6 Å². The van der Waals surface area contributed by atoms with Gasteiger partial charge in [-0.05, 0) is 55.7 Å². The van der Waals surface area contributed by atoms with E-state index < -0.39 is 5.97 Å². The molecule has 0 spiro atoms. The Hall–Kier alpha value is -3.15. The first-order valence-corrected chi connectivity index (χ1v) is 8.02. The number of nitrogens with one attached hydrogen (secondary N) is 2. The summed E-state index contributed by atoms with van der Waals surface area (Å²) in [5, 5.41) is 14.8. The molecule has 1 aliphatic rings. The Morgan fingerprint density at radius 3 is 2.68 bits per heavy atom. The number of carbonyl (C=O) groups is 3. The minimum atomic E-state index is -1.09. The Labute approximate surface area is 144 Å². The molecule has 0 atom stereocenters. The van der Waals surface area contributed by atoms with Crippen molar-refractivity contribution in [2.45, 2.75) is 26.2 Å². The SMILES string of the molecule is Cc1ccc(NC(=O)c2ccc3c(c2)CCCC(=O)N3)c(C(=O)O)c1. The number of carboxylic acids is 1. The first-order valence-electron chi connectivity index (χ1n) is 8.02. The highest BCUT2D eigenvalue weighted by Crippen LogP contribution is 2.24. The number of fused-ring (bicyclic) bond motifs is 1. The fourth-order valence-corrected chi connectivity index (χ4v) is 2.85. The van der Waals surface area contributed by atoms with E-state index in [0.717, 1.165) is 23.2 Å². The fraction of sp³-hybridized carbons (Fsp3) is 0.211. The van der Waals surface area contributed by atoms with Crippen LogP contribution in [0.15, 0.2) is 36.4 Å². The number of anilines is 2. The third kappa shape index (κ3) is 3.68. The van der Waals surface area contributed by atoms with Crippen LogP contribution in [0.3, 0.4) is 0 Å². The number of hydrogen-bond acceptors (Lipinski definition) is 3. The van der Waals surface area contributed by atoms with Crippen LogP contribution in [0, 0.1) is 6.92 Å². The molecule has 1 heterocycles. The Balaban J connectivity index is 1.86. The second kappa shape index (κ2) is 6.76. The number of rotatable bonds is 3. The van der Waals surface area contributed by atoms with Crippen molar-refractivity contribution in [2.24, 2.45) is 0 Å². The molecule has 0 aliphatic carbocycles. The molecular weight excluding hydrogens is 320 g/mol. The summed E-state index contributed by atoms with van der Waals surface area (Å²) in [6.07, 6.45) is 1.90. The summed E-state index contributed by atoms with van der Waals surface area (Å²) in [6, 6.07) is 9.92. The lowest BCUT2D eigenvalue weighted by molar-refractivity contribution is -0.116. The molecule has 25 heavy (non-hydrogen) atoms. The number of hydrogen-bond donors (Lipinski definition) is 3. The van der Waals surface area contributed by atoms with Gasteiger partial charge in [-0.15, -0.1) is 0 Å². The van der Waals surface area contributed by atoms with Gasteiger partial charge in [0, 0.05) is 17.7 Å². The zero-order valence-corrected chi connectivity index (χ0v) is 13.8. The lowest BCUT2D eigenvalue weighted by Crippen LogP contribution is -2.15. The van der Waals surface area contributed by atoms with Crippen LogP contribution >= 0.6 is 0 Å². The van der Waals surface area contributed by atoms with Gasteiger partial charge in [-0.3, -0.25) is 9.59 Å². The summed E-state index contributed by atoms with van der Waals surface area (Å²) in [5.74, 6) is -1.50. The summed E-state index contributed by atoms with van der Waals surface area (Å²) in [6.45, 7) is 1.79. The van der Waals surface area contributed by atoms with E-state index in [2.05, 4.69) is 10.6 Å². The Morgan fingerprint density at radius 2 is 1.92 bits per heavy atom. The van der Waals surface area contributed by atoms with Crippen molar-refractivity contribution in [3.05, 3.63) is 58.7 Å². The summed E-state index contributed by atoms with van der Waals surface area (Å²) in [5.41, 5.74) is 3.16. The van der Waals surface area contributed by atoms with Crippen LogP contribution in [-0.4, -0.2) is 22.9 Å². The molecule has 3 rings (SSSR count). The van der Waals surface area contributed by atoms with Gasteiger partial charge < -0.3 is 15.7 Å². The van der Waals surface area contributed by atoms with E-state index in [-0.39, 0.29) is 23.1 Å². The minimum Gasteiger partial charge on any atom is -0.478 e. The second-order valence-corrected chi connectivity index (χ2v) is 6.08. The third-order valence-corrected chi connectivity index (χ3v) is 4.15. The van der Waals surface area contributed by atoms with Crippen LogP contribution in [0.1, 0.15) is 44.7 Å². The van der Waals surface area contributed by atoms with E-state index in [1.54, 1.807) is 37.3 Å². The third-order valence-electron chi connectivity index (χ3n) is 4.15. The smallest absolute Gasteiger partial charge is 0.337 e. The molecule has 128 valence electrons. The van der Waals surface area contributed by atoms with Crippen molar-refractivity contribution in [3.63, 3.8) is 0 Å². The molecule has 1 aliphatic heterocycles. The number of carbonyl (C=O) groups excluding carboxylic acids is 2. The normalized spacial score (nSPS) is 13.4. The van der Waals surface area contributed by atoms with E-state index in [0.29, 0.717) is 18.4 Å². The summed E-state index contributed by atoms with van der Waals surface area (Å²) < 4.78 is 0. The van der Waals surface area contributed by atoms with E-state index >= 15 is 0 Å². The number of amides is 2. The maximum atomic E-state index is 12.5. The highest BCUT2D eigenvalue weighted by molar-refractivity contribution is 6.08. The average Bonchev–Trinajstić information content (AvgIpc) is 2.76. The molecule has 0 fully saturated rings. The predicted molar refractivity (Wildman–Crippen MR) is 94.1 cm³/mol. The van der Waals surface area contributed by atoms with Gasteiger partial charge in [0.2, 0.25) is 5.91 Å².